The fourth-order valence-electron chi connectivity index (χ4n) is 2.63. The van der Waals surface area contributed by atoms with Gasteiger partial charge in [0.25, 0.3) is 0 Å². The van der Waals surface area contributed by atoms with Crippen molar-refractivity contribution < 1.29 is 5.11 Å². The van der Waals surface area contributed by atoms with Crippen molar-refractivity contribution in [1.29, 1.82) is 0 Å². The van der Waals surface area contributed by atoms with Crippen LogP contribution in [-0.2, 0) is 5.60 Å². The number of aliphatic hydroxyl groups is 1. The molecule has 2 nitrogen and oxygen atoms in total. The van der Waals surface area contributed by atoms with Crippen LogP contribution in [0.3, 0.4) is 0 Å². The van der Waals surface area contributed by atoms with Gasteiger partial charge in [0.05, 0.1) is 0 Å². The smallest absolute Gasteiger partial charge is 0.116 e. The normalized spacial score (nSPS) is 16.3. The predicted molar refractivity (Wildman–Crippen MR) is 69.6 cm³/mol. The summed E-state index contributed by atoms with van der Waals surface area (Å²) < 4.78 is 0. The Hall–Kier alpha value is -1.80. The van der Waals surface area contributed by atoms with Gasteiger partial charge >= 0.3 is 0 Å². The van der Waals surface area contributed by atoms with E-state index in [-0.39, 0.29) is 0 Å². The van der Waals surface area contributed by atoms with E-state index in [4.69, 9.17) is 0 Å². The Balaban J connectivity index is 2.34. The summed E-state index contributed by atoms with van der Waals surface area (Å²) in [6, 6.07) is 16.0. The molecule has 0 amide bonds. The van der Waals surface area contributed by atoms with Gasteiger partial charge in [-0.3, -0.25) is 0 Å². The number of para-hydroxylation sites is 2. The maximum absolute atomic E-state index is 10.8. The topological polar surface area (TPSA) is 23.5 Å². The Morgan fingerprint density at radius 3 is 1.76 bits per heavy atom. The van der Waals surface area contributed by atoms with Gasteiger partial charge in [0.1, 0.15) is 5.60 Å². The van der Waals surface area contributed by atoms with Crippen LogP contribution in [0, 0.1) is 0 Å². The Kier molecular flexibility index (Phi) is 2.04. The van der Waals surface area contributed by atoms with E-state index in [1.165, 1.54) is 0 Å². The molecule has 0 radical (unpaired) electrons. The highest BCUT2D eigenvalue weighted by Crippen LogP contribution is 2.46. The second-order valence-electron chi connectivity index (χ2n) is 4.67. The van der Waals surface area contributed by atoms with Crippen LogP contribution in [0.5, 0.6) is 0 Å². The van der Waals surface area contributed by atoms with Crippen LogP contribution < -0.4 is 4.90 Å². The second kappa shape index (κ2) is 3.34. The molecule has 0 bridgehead atoms. The monoisotopic (exact) mass is 225 g/mol. The minimum Gasteiger partial charge on any atom is -0.381 e. The highest BCUT2D eigenvalue weighted by molar-refractivity contribution is 5.76. The van der Waals surface area contributed by atoms with E-state index in [2.05, 4.69) is 4.90 Å². The van der Waals surface area contributed by atoms with E-state index in [0.717, 1.165) is 22.5 Å². The van der Waals surface area contributed by atoms with Crippen LogP contribution in [0.1, 0.15) is 18.1 Å². The molecule has 2 aromatic rings. The van der Waals surface area contributed by atoms with Crippen molar-refractivity contribution >= 4 is 11.4 Å². The van der Waals surface area contributed by atoms with Crippen molar-refractivity contribution in [2.24, 2.45) is 0 Å². The minimum absolute atomic E-state index is 0.917. The highest BCUT2D eigenvalue weighted by Gasteiger charge is 2.36. The molecule has 1 N–H and O–H groups in total. The van der Waals surface area contributed by atoms with Crippen molar-refractivity contribution in [3.63, 3.8) is 0 Å². The number of rotatable bonds is 0. The van der Waals surface area contributed by atoms with Crippen molar-refractivity contribution in [3.8, 4) is 0 Å². The zero-order valence-electron chi connectivity index (χ0n) is 10.0. The molecule has 0 unspecified atom stereocenters. The van der Waals surface area contributed by atoms with Crippen molar-refractivity contribution in [2.75, 3.05) is 11.9 Å². The largest absolute Gasteiger partial charge is 0.381 e. The van der Waals surface area contributed by atoms with Gasteiger partial charge in [-0.25, -0.2) is 0 Å². The second-order valence-corrected chi connectivity index (χ2v) is 4.67. The summed E-state index contributed by atoms with van der Waals surface area (Å²) in [7, 11) is 2.03. The van der Waals surface area contributed by atoms with Crippen LogP contribution in [0.15, 0.2) is 48.5 Å². The standard InChI is InChI=1S/C15H15NO/c1-15(17)11-7-3-5-9-13(11)16(2)14-10-6-4-8-12(14)15/h3-10,17H,1-2H3. The number of fused-ring (bicyclic) bond motifs is 2. The van der Waals surface area contributed by atoms with Crippen molar-refractivity contribution in [3.05, 3.63) is 59.7 Å². The van der Waals surface area contributed by atoms with Gasteiger partial charge < -0.3 is 10.0 Å². The molecule has 1 aliphatic rings. The summed E-state index contributed by atoms with van der Waals surface area (Å²) in [5.41, 5.74) is 3.13. The fourth-order valence-corrected chi connectivity index (χ4v) is 2.63. The average Bonchev–Trinajstić information content (AvgIpc) is 2.37. The predicted octanol–water partition coefficient (Wildman–Crippen LogP) is 3.02. The van der Waals surface area contributed by atoms with Crippen molar-refractivity contribution in [1.82, 2.24) is 0 Å². The van der Waals surface area contributed by atoms with Gasteiger partial charge in [-0.2, -0.15) is 0 Å². The number of hydrogen-bond acceptors (Lipinski definition) is 2. The molecule has 0 spiro atoms. The molecule has 0 atom stereocenters. The molecule has 86 valence electrons. The van der Waals surface area contributed by atoms with Crippen LogP contribution in [0.25, 0.3) is 0 Å². The number of hydrogen-bond donors (Lipinski definition) is 1. The van der Waals surface area contributed by atoms with Gasteiger partial charge in [-0.1, -0.05) is 36.4 Å². The van der Waals surface area contributed by atoms with Gasteiger partial charge in [0.2, 0.25) is 0 Å². The Morgan fingerprint density at radius 1 is 0.882 bits per heavy atom. The first-order valence-corrected chi connectivity index (χ1v) is 5.77. The lowest BCUT2D eigenvalue weighted by molar-refractivity contribution is 0.102. The highest BCUT2D eigenvalue weighted by atomic mass is 16.3. The average molecular weight is 225 g/mol. The summed E-state index contributed by atoms with van der Waals surface area (Å²) in [4.78, 5) is 2.13. The van der Waals surface area contributed by atoms with E-state index in [0.29, 0.717) is 0 Å². The molecule has 3 rings (SSSR count). The number of anilines is 2. The van der Waals surface area contributed by atoms with Crippen LogP contribution in [-0.4, -0.2) is 12.2 Å². The molecule has 0 aliphatic carbocycles. The molecule has 1 heterocycles. The molecule has 0 aromatic heterocycles. The van der Waals surface area contributed by atoms with Crippen LogP contribution >= 0.6 is 0 Å². The van der Waals surface area contributed by atoms with Gasteiger partial charge in [-0.15, -0.1) is 0 Å². The summed E-state index contributed by atoms with van der Waals surface area (Å²) in [5.74, 6) is 0. The van der Waals surface area contributed by atoms with Crippen molar-refractivity contribution in [2.45, 2.75) is 12.5 Å². The minimum atomic E-state index is -0.917. The third-order valence-electron chi connectivity index (χ3n) is 3.58. The Labute approximate surface area is 101 Å². The lowest BCUT2D eigenvalue weighted by Gasteiger charge is -2.39. The molecule has 17 heavy (non-hydrogen) atoms. The van der Waals surface area contributed by atoms with Crippen LogP contribution in [0.4, 0.5) is 11.4 Å². The quantitative estimate of drug-likeness (QED) is 0.745. The molecule has 0 fully saturated rings. The SMILES string of the molecule is CN1c2ccccc2C(C)(O)c2ccccc21. The van der Waals surface area contributed by atoms with Gasteiger partial charge in [0, 0.05) is 29.5 Å². The van der Waals surface area contributed by atoms with E-state index in [1.54, 1.807) is 0 Å². The maximum atomic E-state index is 10.8. The molecular weight excluding hydrogens is 210 g/mol. The van der Waals surface area contributed by atoms with E-state index >= 15 is 0 Å². The molecule has 2 heteroatoms. The summed E-state index contributed by atoms with van der Waals surface area (Å²) in [6.45, 7) is 1.86. The lowest BCUT2D eigenvalue weighted by Crippen LogP contribution is -2.32. The number of benzene rings is 2. The zero-order chi connectivity index (χ0) is 12.0. The Morgan fingerprint density at radius 2 is 1.29 bits per heavy atom. The molecule has 0 saturated heterocycles. The molecule has 1 aliphatic heterocycles. The fraction of sp³-hybridized carbons (Fsp3) is 0.200. The maximum Gasteiger partial charge on any atom is 0.116 e. The summed E-state index contributed by atoms with van der Waals surface area (Å²) in [5, 5.41) is 10.8. The Bertz CT molecular complexity index is 525. The summed E-state index contributed by atoms with van der Waals surface area (Å²) in [6.07, 6.45) is 0. The molecular formula is C15H15NO. The first-order chi connectivity index (χ1) is 8.12. The number of nitrogens with zero attached hydrogens (tertiary/aromatic N) is 1. The third kappa shape index (κ3) is 1.31. The zero-order valence-corrected chi connectivity index (χ0v) is 10.0. The third-order valence-corrected chi connectivity index (χ3v) is 3.58. The van der Waals surface area contributed by atoms with E-state index < -0.39 is 5.60 Å². The van der Waals surface area contributed by atoms with Gasteiger partial charge in [-0.05, 0) is 19.1 Å². The summed E-state index contributed by atoms with van der Waals surface area (Å²) >= 11 is 0. The van der Waals surface area contributed by atoms with E-state index in [9.17, 15) is 5.11 Å². The van der Waals surface area contributed by atoms with Crippen LogP contribution in [0.2, 0.25) is 0 Å². The van der Waals surface area contributed by atoms with Gasteiger partial charge in [0.15, 0.2) is 0 Å². The first-order valence-electron chi connectivity index (χ1n) is 5.77. The van der Waals surface area contributed by atoms with E-state index in [1.807, 2.05) is 62.5 Å². The lowest BCUT2D eigenvalue weighted by atomic mass is 9.82. The molecule has 2 aromatic carbocycles. The molecule has 0 saturated carbocycles. The first kappa shape index (κ1) is 10.4.